The SMILES string of the molecule is CC1(C)c2cc3c(cc2-c2cc4c5ccccc5c5ccccc5c4cc21)Oc1ccccc1N3c1cccc(-n2c3ccccc3c3cc(-n4c5ccccc5c5ccccc54)ccc32)c1. The highest BCUT2D eigenvalue weighted by atomic mass is 16.5. The van der Waals surface area contributed by atoms with Crippen molar-refractivity contribution in [3.63, 3.8) is 0 Å². The van der Waals surface area contributed by atoms with Crippen molar-refractivity contribution < 1.29 is 4.74 Å². The average molecular weight is 856 g/mol. The summed E-state index contributed by atoms with van der Waals surface area (Å²) in [4.78, 5) is 2.41. The largest absolute Gasteiger partial charge is 0.453 e. The second kappa shape index (κ2) is 13.2. The molecule has 0 fully saturated rings. The van der Waals surface area contributed by atoms with Crippen LogP contribution in [0.3, 0.4) is 0 Å². The van der Waals surface area contributed by atoms with Crippen molar-refractivity contribution in [1.82, 2.24) is 9.13 Å². The van der Waals surface area contributed by atoms with Crippen LogP contribution in [0, 0.1) is 0 Å². The van der Waals surface area contributed by atoms with Gasteiger partial charge in [0.15, 0.2) is 11.5 Å². The Hall–Kier alpha value is -8.60. The number of para-hydroxylation sites is 5. The smallest absolute Gasteiger partial charge is 0.152 e. The lowest BCUT2D eigenvalue weighted by Crippen LogP contribution is -2.19. The first-order valence-corrected chi connectivity index (χ1v) is 23.3. The van der Waals surface area contributed by atoms with Crippen LogP contribution in [0.2, 0.25) is 0 Å². The van der Waals surface area contributed by atoms with E-state index >= 15 is 0 Å². The van der Waals surface area contributed by atoms with Crippen molar-refractivity contribution in [1.29, 1.82) is 0 Å². The zero-order valence-corrected chi connectivity index (χ0v) is 37.0. The van der Waals surface area contributed by atoms with Crippen LogP contribution in [-0.4, -0.2) is 9.13 Å². The van der Waals surface area contributed by atoms with Crippen LogP contribution < -0.4 is 9.64 Å². The monoisotopic (exact) mass is 855 g/mol. The maximum absolute atomic E-state index is 6.92. The molecule has 67 heavy (non-hydrogen) atoms. The summed E-state index contributed by atoms with van der Waals surface area (Å²) in [5.74, 6) is 1.69. The number of nitrogens with zero attached hydrogens (tertiary/aromatic N) is 3. The minimum absolute atomic E-state index is 0.258. The van der Waals surface area contributed by atoms with Crippen LogP contribution in [0.5, 0.6) is 11.5 Å². The van der Waals surface area contributed by atoms with Crippen LogP contribution in [0.4, 0.5) is 17.1 Å². The van der Waals surface area contributed by atoms with Gasteiger partial charge in [-0.25, -0.2) is 0 Å². The van der Waals surface area contributed by atoms with Crippen molar-refractivity contribution >= 4 is 93.0 Å². The Balaban J connectivity index is 0.906. The van der Waals surface area contributed by atoms with Crippen LogP contribution in [0.15, 0.2) is 212 Å². The Morgan fingerprint density at radius 2 is 0.791 bits per heavy atom. The minimum atomic E-state index is -0.258. The molecule has 0 N–H and O–H groups in total. The molecular weight excluding hydrogens is 815 g/mol. The Morgan fingerprint density at radius 3 is 1.45 bits per heavy atom. The van der Waals surface area contributed by atoms with Crippen LogP contribution in [0.25, 0.3) is 98.4 Å². The first kappa shape index (κ1) is 36.7. The molecule has 0 bridgehead atoms. The fourth-order valence-electron chi connectivity index (χ4n) is 12.0. The quantitative estimate of drug-likeness (QED) is 0.165. The molecule has 0 atom stereocenters. The van der Waals surface area contributed by atoms with E-state index in [0.29, 0.717) is 0 Å². The van der Waals surface area contributed by atoms with Gasteiger partial charge in [-0.2, -0.15) is 0 Å². The molecule has 3 heterocycles. The highest BCUT2D eigenvalue weighted by molar-refractivity contribution is 6.26. The summed E-state index contributed by atoms with van der Waals surface area (Å²) in [5.41, 5.74) is 15.0. The van der Waals surface area contributed by atoms with Crippen molar-refractivity contribution in [2.24, 2.45) is 0 Å². The predicted molar refractivity (Wildman–Crippen MR) is 280 cm³/mol. The van der Waals surface area contributed by atoms with Gasteiger partial charge in [0.1, 0.15) is 0 Å². The number of hydrogen-bond donors (Lipinski definition) is 0. The van der Waals surface area contributed by atoms with Gasteiger partial charge in [0.25, 0.3) is 0 Å². The lowest BCUT2D eigenvalue weighted by atomic mass is 9.81. The molecule has 0 radical (unpaired) electrons. The van der Waals surface area contributed by atoms with Gasteiger partial charge in [-0.3, -0.25) is 0 Å². The molecular formula is C63H41N3O. The number of fused-ring (bicyclic) bond motifs is 17. The van der Waals surface area contributed by atoms with Crippen LogP contribution in [0.1, 0.15) is 25.0 Å². The van der Waals surface area contributed by atoms with Gasteiger partial charge in [0.2, 0.25) is 0 Å². The number of benzene rings is 11. The van der Waals surface area contributed by atoms with Gasteiger partial charge in [0, 0.05) is 44.0 Å². The minimum Gasteiger partial charge on any atom is -0.453 e. The van der Waals surface area contributed by atoms with Gasteiger partial charge >= 0.3 is 0 Å². The maximum Gasteiger partial charge on any atom is 0.152 e. The van der Waals surface area contributed by atoms with Crippen molar-refractivity contribution in [2.45, 2.75) is 19.3 Å². The van der Waals surface area contributed by atoms with Crippen molar-refractivity contribution in [3.8, 4) is 34.0 Å². The predicted octanol–water partition coefficient (Wildman–Crippen LogP) is 17.2. The molecule has 314 valence electrons. The summed E-state index contributed by atoms with van der Waals surface area (Å²) < 4.78 is 11.8. The Morgan fingerprint density at radius 1 is 0.313 bits per heavy atom. The first-order valence-electron chi connectivity index (χ1n) is 23.3. The van der Waals surface area contributed by atoms with Gasteiger partial charge < -0.3 is 18.8 Å². The lowest BCUT2D eigenvalue weighted by molar-refractivity contribution is 0.476. The summed E-state index contributed by atoms with van der Waals surface area (Å²) in [6.45, 7) is 4.77. The molecule has 15 rings (SSSR count). The summed E-state index contributed by atoms with van der Waals surface area (Å²) in [6.07, 6.45) is 0. The molecule has 4 heteroatoms. The standard InChI is InChI=1S/C63H41N3O/c1-63(2)53-35-49-44-21-6-4-19-42(44)41-18-3-5-20-43(41)48(49)34-50(53)51-36-62-60(37-54(51)63)66(59-28-13-14-29-61(59)67-62)39-17-15-16-38(32-39)64-57-27-12-9-24-47(57)52-33-40(30-31-58(52)64)65-55-25-10-7-22-45(55)46-23-8-11-26-56(46)65/h3-37H,1-2H3. The fourth-order valence-corrected chi connectivity index (χ4v) is 12.0. The van der Waals surface area contributed by atoms with E-state index in [2.05, 4.69) is 240 Å². The lowest BCUT2D eigenvalue weighted by Gasteiger charge is -2.34. The molecule has 0 unspecified atom stereocenters. The molecule has 0 spiro atoms. The molecule has 4 nitrogen and oxygen atoms in total. The number of ether oxygens (including phenoxy) is 1. The topological polar surface area (TPSA) is 22.3 Å². The van der Waals surface area contributed by atoms with Gasteiger partial charge in [-0.05, 0) is 146 Å². The average Bonchev–Trinajstić information content (AvgIpc) is 3.97. The van der Waals surface area contributed by atoms with E-state index in [1.54, 1.807) is 0 Å². The van der Waals surface area contributed by atoms with Crippen LogP contribution in [-0.2, 0) is 5.41 Å². The maximum atomic E-state index is 6.92. The van der Waals surface area contributed by atoms with E-state index in [1.165, 1.54) is 92.7 Å². The molecule has 0 amide bonds. The van der Waals surface area contributed by atoms with Gasteiger partial charge in [0.05, 0.1) is 33.4 Å². The molecule has 1 aliphatic carbocycles. The zero-order valence-electron chi connectivity index (χ0n) is 37.0. The number of anilines is 3. The van der Waals surface area contributed by atoms with Gasteiger partial charge in [-0.15, -0.1) is 0 Å². The molecule has 0 saturated heterocycles. The molecule has 2 aliphatic rings. The molecule has 13 aromatic rings. The van der Waals surface area contributed by atoms with Crippen molar-refractivity contribution in [2.75, 3.05) is 4.90 Å². The molecule has 1 aliphatic heterocycles. The third-order valence-corrected chi connectivity index (χ3v) is 15.0. The van der Waals surface area contributed by atoms with E-state index < -0.39 is 0 Å². The van der Waals surface area contributed by atoms with E-state index in [4.69, 9.17) is 4.74 Å². The molecule has 2 aromatic heterocycles. The molecule has 0 saturated carbocycles. The van der Waals surface area contributed by atoms with E-state index in [0.717, 1.165) is 45.5 Å². The summed E-state index contributed by atoms with van der Waals surface area (Å²) in [5, 5.41) is 12.7. The van der Waals surface area contributed by atoms with Gasteiger partial charge in [-0.1, -0.05) is 135 Å². The first-order chi connectivity index (χ1) is 33.0. The fraction of sp³-hybridized carbons (Fsp3) is 0.0476. The third-order valence-electron chi connectivity index (χ3n) is 15.0. The summed E-state index contributed by atoms with van der Waals surface area (Å²) in [6, 6.07) is 78.1. The number of hydrogen-bond acceptors (Lipinski definition) is 2. The number of aromatic nitrogens is 2. The Bertz CT molecular complexity index is 4250. The summed E-state index contributed by atoms with van der Waals surface area (Å²) >= 11 is 0. The molecule has 11 aromatic carbocycles. The Labute approximate surface area is 386 Å². The van der Waals surface area contributed by atoms with E-state index in [1.807, 2.05) is 0 Å². The van der Waals surface area contributed by atoms with E-state index in [9.17, 15) is 0 Å². The zero-order chi connectivity index (χ0) is 44.1. The van der Waals surface area contributed by atoms with E-state index in [-0.39, 0.29) is 5.41 Å². The second-order valence-corrected chi connectivity index (χ2v) is 18.9. The summed E-state index contributed by atoms with van der Waals surface area (Å²) in [7, 11) is 0. The van der Waals surface area contributed by atoms with Crippen molar-refractivity contribution in [3.05, 3.63) is 223 Å². The highest BCUT2D eigenvalue weighted by Crippen LogP contribution is 2.58. The number of rotatable bonds is 3. The Kier molecular flexibility index (Phi) is 7.26. The van der Waals surface area contributed by atoms with Crippen LogP contribution >= 0.6 is 0 Å². The third kappa shape index (κ3) is 4.96. The second-order valence-electron chi connectivity index (χ2n) is 18.9. The normalized spacial score (nSPS) is 13.7. The highest BCUT2D eigenvalue weighted by Gasteiger charge is 2.39.